The second-order valence-corrected chi connectivity index (χ2v) is 5.94. The topological polar surface area (TPSA) is 45.6 Å². The van der Waals surface area contributed by atoms with Gasteiger partial charge in [0.15, 0.2) is 0 Å². The number of piperidine rings is 1. The molecule has 2 aliphatic heterocycles. The summed E-state index contributed by atoms with van der Waals surface area (Å²) in [5.41, 5.74) is -0.296. The fourth-order valence-electron chi connectivity index (χ4n) is 2.89. The van der Waals surface area contributed by atoms with Gasteiger partial charge in [0, 0.05) is 31.3 Å². The molecule has 2 atom stereocenters. The summed E-state index contributed by atoms with van der Waals surface area (Å²) in [6.07, 6.45) is 4.43. The predicted octanol–water partition coefficient (Wildman–Crippen LogP) is 1.26. The fraction of sp³-hybridized carbons (Fsp3) is 0.750. The highest BCUT2D eigenvalue weighted by Crippen LogP contribution is 2.35. The van der Waals surface area contributed by atoms with Crippen LogP contribution in [0.4, 0.5) is 0 Å². The molecule has 0 aromatic carbocycles. The van der Waals surface area contributed by atoms with Crippen LogP contribution in [0, 0.1) is 0 Å². The van der Waals surface area contributed by atoms with E-state index in [1.54, 1.807) is 11.3 Å². The number of thiazole rings is 1. The van der Waals surface area contributed by atoms with E-state index < -0.39 is 0 Å². The third-order valence-electron chi connectivity index (χ3n) is 3.79. The normalized spacial score (nSPS) is 34.5. The van der Waals surface area contributed by atoms with Crippen LogP contribution in [-0.2, 0) is 11.3 Å². The van der Waals surface area contributed by atoms with E-state index in [1.165, 1.54) is 0 Å². The van der Waals surface area contributed by atoms with Crippen LogP contribution >= 0.6 is 11.3 Å². The number of ether oxygens (including phenoxy) is 1. The van der Waals surface area contributed by atoms with E-state index in [0.29, 0.717) is 0 Å². The van der Waals surface area contributed by atoms with Gasteiger partial charge < -0.3 is 9.84 Å². The zero-order chi connectivity index (χ0) is 11.7. The minimum absolute atomic E-state index is 0.294. The monoisotopic (exact) mass is 254 g/mol. The number of aliphatic hydroxyl groups is 1. The highest BCUT2D eigenvalue weighted by molar-refractivity contribution is 7.09. The molecule has 4 nitrogen and oxygen atoms in total. The van der Waals surface area contributed by atoms with E-state index in [2.05, 4.69) is 9.88 Å². The Labute approximate surface area is 105 Å². The Kier molecular flexibility index (Phi) is 3.17. The Morgan fingerprint density at radius 2 is 2.59 bits per heavy atom. The van der Waals surface area contributed by atoms with E-state index >= 15 is 0 Å². The Bertz CT molecular complexity index is 363. The van der Waals surface area contributed by atoms with Gasteiger partial charge in [0.25, 0.3) is 0 Å². The molecule has 94 valence electrons. The van der Waals surface area contributed by atoms with Crippen molar-refractivity contribution in [2.75, 3.05) is 19.7 Å². The number of nitrogens with zero attached hydrogens (tertiary/aromatic N) is 2. The van der Waals surface area contributed by atoms with Crippen molar-refractivity contribution in [2.24, 2.45) is 0 Å². The molecule has 2 fully saturated rings. The van der Waals surface area contributed by atoms with Crippen molar-refractivity contribution in [1.29, 1.82) is 0 Å². The van der Waals surface area contributed by atoms with Crippen molar-refractivity contribution >= 4 is 11.3 Å². The van der Waals surface area contributed by atoms with E-state index in [1.807, 2.05) is 11.6 Å². The van der Waals surface area contributed by atoms with Gasteiger partial charge in [0.1, 0.15) is 10.6 Å². The lowest BCUT2D eigenvalue weighted by molar-refractivity contribution is -0.132. The minimum Gasteiger partial charge on any atom is -0.390 e. The Morgan fingerprint density at radius 3 is 3.29 bits per heavy atom. The van der Waals surface area contributed by atoms with Crippen molar-refractivity contribution in [3.63, 3.8) is 0 Å². The molecular formula is C12H18N2O2S. The summed E-state index contributed by atoms with van der Waals surface area (Å²) < 4.78 is 5.83. The number of hydrogen-bond acceptors (Lipinski definition) is 5. The molecule has 17 heavy (non-hydrogen) atoms. The largest absolute Gasteiger partial charge is 0.390 e. The van der Waals surface area contributed by atoms with Crippen molar-refractivity contribution in [1.82, 2.24) is 9.88 Å². The molecule has 0 radical (unpaired) electrons. The van der Waals surface area contributed by atoms with Gasteiger partial charge >= 0.3 is 0 Å². The summed E-state index contributed by atoms with van der Waals surface area (Å²) in [6, 6.07) is 0. The summed E-state index contributed by atoms with van der Waals surface area (Å²) in [4.78, 5) is 6.68. The molecule has 0 aliphatic carbocycles. The number of aliphatic hydroxyl groups excluding tert-OH is 1. The Hall–Kier alpha value is -0.490. The Balaban J connectivity index is 1.68. The van der Waals surface area contributed by atoms with Crippen molar-refractivity contribution in [3.05, 3.63) is 16.6 Å². The van der Waals surface area contributed by atoms with Crippen LogP contribution in [0.2, 0.25) is 0 Å². The third kappa shape index (κ3) is 2.25. The van der Waals surface area contributed by atoms with Crippen LogP contribution < -0.4 is 0 Å². The number of likely N-dealkylation sites (tertiary alicyclic amines) is 1. The molecule has 1 N–H and O–H groups in total. The molecule has 3 heterocycles. The van der Waals surface area contributed by atoms with Gasteiger partial charge in [-0.25, -0.2) is 4.98 Å². The molecule has 0 saturated carbocycles. The van der Waals surface area contributed by atoms with E-state index in [9.17, 15) is 5.11 Å². The molecule has 2 saturated heterocycles. The molecule has 1 aromatic rings. The number of hydrogen-bond donors (Lipinski definition) is 1. The maximum atomic E-state index is 10.1. The zero-order valence-corrected chi connectivity index (χ0v) is 10.7. The second-order valence-electron chi connectivity index (χ2n) is 4.96. The maximum Gasteiger partial charge on any atom is 0.107 e. The van der Waals surface area contributed by atoms with Crippen molar-refractivity contribution in [3.8, 4) is 0 Å². The first-order valence-electron chi connectivity index (χ1n) is 6.21. The highest BCUT2D eigenvalue weighted by Gasteiger charge is 2.46. The van der Waals surface area contributed by atoms with Crippen molar-refractivity contribution < 1.29 is 9.84 Å². The average molecular weight is 254 g/mol. The first-order chi connectivity index (χ1) is 8.28. The van der Waals surface area contributed by atoms with Gasteiger partial charge in [-0.15, -0.1) is 11.3 Å². The lowest BCUT2D eigenvalue weighted by Crippen LogP contribution is -2.56. The van der Waals surface area contributed by atoms with Gasteiger partial charge in [-0.05, 0) is 19.3 Å². The highest BCUT2D eigenvalue weighted by atomic mass is 32.1. The molecule has 1 spiro atoms. The summed E-state index contributed by atoms with van der Waals surface area (Å²) >= 11 is 1.69. The first-order valence-corrected chi connectivity index (χ1v) is 7.09. The molecule has 2 aliphatic rings. The van der Waals surface area contributed by atoms with Crippen LogP contribution in [0.5, 0.6) is 0 Å². The van der Waals surface area contributed by atoms with E-state index in [0.717, 1.165) is 50.5 Å². The summed E-state index contributed by atoms with van der Waals surface area (Å²) in [5.74, 6) is 0. The fourth-order valence-corrected chi connectivity index (χ4v) is 3.55. The van der Waals surface area contributed by atoms with E-state index in [-0.39, 0.29) is 11.7 Å². The zero-order valence-electron chi connectivity index (χ0n) is 9.84. The maximum absolute atomic E-state index is 10.1. The van der Waals surface area contributed by atoms with E-state index in [4.69, 9.17) is 4.74 Å². The van der Waals surface area contributed by atoms with Gasteiger partial charge in [0.2, 0.25) is 0 Å². The van der Waals surface area contributed by atoms with Gasteiger partial charge in [-0.1, -0.05) is 0 Å². The third-order valence-corrected chi connectivity index (χ3v) is 4.56. The predicted molar refractivity (Wildman–Crippen MR) is 65.9 cm³/mol. The molecule has 0 bridgehead atoms. The standard InChI is InChI=1S/C12H18N2O2S/c15-10-2-5-14(8-11-13-4-7-17-11)9-12(10)3-1-6-16-12/h4,7,10,15H,1-3,5-6,8-9H2/t10-,12-/m0/s1. The molecule has 3 rings (SSSR count). The van der Waals surface area contributed by atoms with Gasteiger partial charge in [-0.2, -0.15) is 0 Å². The van der Waals surface area contributed by atoms with Crippen LogP contribution in [0.15, 0.2) is 11.6 Å². The summed E-state index contributed by atoms with van der Waals surface area (Å²) in [7, 11) is 0. The lowest BCUT2D eigenvalue weighted by Gasteiger charge is -2.42. The molecule has 5 heteroatoms. The van der Waals surface area contributed by atoms with Gasteiger partial charge in [-0.3, -0.25) is 4.90 Å². The first kappa shape index (κ1) is 11.6. The molecule has 0 amide bonds. The summed E-state index contributed by atoms with van der Waals surface area (Å²) in [6.45, 7) is 3.46. The van der Waals surface area contributed by atoms with Crippen LogP contribution in [0.1, 0.15) is 24.3 Å². The molecular weight excluding hydrogens is 236 g/mol. The molecule has 0 unspecified atom stereocenters. The summed E-state index contributed by atoms with van der Waals surface area (Å²) in [5, 5.41) is 13.3. The molecule has 1 aromatic heterocycles. The Morgan fingerprint density at radius 1 is 1.65 bits per heavy atom. The minimum atomic E-state index is -0.296. The number of rotatable bonds is 2. The smallest absolute Gasteiger partial charge is 0.107 e. The quantitative estimate of drug-likeness (QED) is 0.863. The van der Waals surface area contributed by atoms with Gasteiger partial charge in [0.05, 0.1) is 12.6 Å². The van der Waals surface area contributed by atoms with Crippen LogP contribution in [0.3, 0.4) is 0 Å². The van der Waals surface area contributed by atoms with Crippen LogP contribution in [-0.4, -0.2) is 46.4 Å². The van der Waals surface area contributed by atoms with Crippen molar-refractivity contribution in [2.45, 2.75) is 37.5 Å². The second kappa shape index (κ2) is 4.65. The average Bonchev–Trinajstić information content (AvgIpc) is 2.96. The SMILES string of the molecule is O[C@H]1CCN(Cc2nccs2)C[C@@]12CCCO2. The van der Waals surface area contributed by atoms with Crippen LogP contribution in [0.25, 0.3) is 0 Å². The lowest BCUT2D eigenvalue weighted by atomic mass is 9.87. The number of aromatic nitrogens is 1.